The molecule has 0 bridgehead atoms. The minimum atomic E-state index is 0.0841. The van der Waals surface area contributed by atoms with E-state index in [0.717, 1.165) is 37.9 Å². The Morgan fingerprint density at radius 2 is 2.06 bits per heavy atom. The van der Waals surface area contributed by atoms with Crippen molar-refractivity contribution in [2.24, 2.45) is 0 Å². The Labute approximate surface area is 108 Å². The highest BCUT2D eigenvalue weighted by Crippen LogP contribution is 2.09. The maximum absolute atomic E-state index is 11.9. The van der Waals surface area contributed by atoms with E-state index < -0.39 is 0 Å². The summed E-state index contributed by atoms with van der Waals surface area (Å²) in [5.74, 6) is 0. The highest BCUT2D eigenvalue weighted by molar-refractivity contribution is 5.74. The minimum absolute atomic E-state index is 0.0841. The lowest BCUT2D eigenvalue weighted by Gasteiger charge is -2.20. The summed E-state index contributed by atoms with van der Waals surface area (Å²) in [6.07, 6.45) is 9.22. The highest BCUT2D eigenvalue weighted by Gasteiger charge is 2.14. The Balaban J connectivity index is 1.71. The second kappa shape index (κ2) is 6.99. The van der Waals surface area contributed by atoms with Crippen LogP contribution in [0.15, 0.2) is 24.5 Å². The van der Waals surface area contributed by atoms with Crippen LogP contribution in [0.5, 0.6) is 0 Å². The number of pyridine rings is 1. The summed E-state index contributed by atoms with van der Waals surface area (Å²) in [6.45, 7) is 2.48. The minimum Gasteiger partial charge on any atom is -0.338 e. The van der Waals surface area contributed by atoms with E-state index in [1.165, 1.54) is 12.8 Å². The van der Waals surface area contributed by atoms with E-state index in [1.807, 2.05) is 23.2 Å². The van der Waals surface area contributed by atoms with Crippen LogP contribution in [0.4, 0.5) is 4.79 Å². The maximum atomic E-state index is 11.9. The molecule has 0 aromatic carbocycles. The third-order valence-corrected chi connectivity index (χ3v) is 3.31. The van der Waals surface area contributed by atoms with Gasteiger partial charge in [-0.15, -0.1) is 0 Å². The molecule has 4 nitrogen and oxygen atoms in total. The van der Waals surface area contributed by atoms with E-state index >= 15 is 0 Å². The zero-order valence-corrected chi connectivity index (χ0v) is 10.8. The van der Waals surface area contributed by atoms with Crippen LogP contribution in [0.25, 0.3) is 0 Å². The van der Waals surface area contributed by atoms with E-state index in [9.17, 15) is 4.79 Å². The molecule has 0 radical (unpaired) electrons. The number of nitrogens with zero attached hydrogens (tertiary/aromatic N) is 2. The van der Waals surface area contributed by atoms with Gasteiger partial charge in [0.15, 0.2) is 0 Å². The Morgan fingerprint density at radius 3 is 2.72 bits per heavy atom. The number of carbonyl (C=O) groups is 1. The van der Waals surface area contributed by atoms with Gasteiger partial charge in [-0.3, -0.25) is 4.98 Å². The molecule has 18 heavy (non-hydrogen) atoms. The van der Waals surface area contributed by atoms with Gasteiger partial charge >= 0.3 is 6.03 Å². The largest absolute Gasteiger partial charge is 0.338 e. The van der Waals surface area contributed by atoms with Gasteiger partial charge in [-0.1, -0.05) is 18.9 Å². The molecule has 4 heteroatoms. The van der Waals surface area contributed by atoms with E-state index in [0.29, 0.717) is 6.54 Å². The smallest absolute Gasteiger partial charge is 0.317 e. The van der Waals surface area contributed by atoms with Crippen molar-refractivity contribution in [3.05, 3.63) is 30.1 Å². The van der Waals surface area contributed by atoms with Crippen LogP contribution in [0.3, 0.4) is 0 Å². The molecule has 2 rings (SSSR count). The number of carbonyl (C=O) groups excluding carboxylic acids is 1. The Hall–Kier alpha value is -1.58. The van der Waals surface area contributed by atoms with E-state index in [2.05, 4.69) is 10.3 Å². The van der Waals surface area contributed by atoms with Crippen LogP contribution in [-0.2, 0) is 6.42 Å². The number of nitrogens with one attached hydrogen (secondary N) is 1. The van der Waals surface area contributed by atoms with Crippen molar-refractivity contribution < 1.29 is 4.79 Å². The fourth-order valence-electron chi connectivity index (χ4n) is 2.25. The lowest BCUT2D eigenvalue weighted by atomic mass is 10.2. The molecule has 2 amide bonds. The van der Waals surface area contributed by atoms with Gasteiger partial charge in [0.05, 0.1) is 0 Å². The SMILES string of the molecule is O=C(NCCc1cccnc1)N1CCCCCC1. The second-order valence-corrected chi connectivity index (χ2v) is 4.74. The summed E-state index contributed by atoms with van der Waals surface area (Å²) in [5, 5.41) is 2.99. The summed E-state index contributed by atoms with van der Waals surface area (Å²) in [5.41, 5.74) is 1.16. The molecule has 1 aromatic rings. The van der Waals surface area contributed by atoms with Gasteiger partial charge in [-0.25, -0.2) is 4.79 Å². The first kappa shape index (κ1) is 12.9. The first-order valence-corrected chi connectivity index (χ1v) is 6.78. The molecule has 2 heterocycles. The Kier molecular flexibility index (Phi) is 5.00. The van der Waals surface area contributed by atoms with Gasteiger partial charge in [-0.2, -0.15) is 0 Å². The van der Waals surface area contributed by atoms with Crippen LogP contribution < -0.4 is 5.32 Å². The predicted octanol–water partition coefficient (Wildman–Crippen LogP) is 2.21. The number of hydrogen-bond acceptors (Lipinski definition) is 2. The number of amides is 2. The third kappa shape index (κ3) is 4.02. The van der Waals surface area contributed by atoms with Crippen LogP contribution >= 0.6 is 0 Å². The van der Waals surface area contributed by atoms with Gasteiger partial charge in [0.25, 0.3) is 0 Å². The third-order valence-electron chi connectivity index (χ3n) is 3.31. The molecule has 1 aliphatic rings. The molecule has 0 aliphatic carbocycles. The van der Waals surface area contributed by atoms with Gasteiger partial charge in [0, 0.05) is 32.0 Å². The van der Waals surface area contributed by atoms with Crippen molar-refractivity contribution in [1.29, 1.82) is 0 Å². The molecule has 1 saturated heterocycles. The summed E-state index contributed by atoms with van der Waals surface area (Å²) in [7, 11) is 0. The Morgan fingerprint density at radius 1 is 1.28 bits per heavy atom. The average Bonchev–Trinajstić information content (AvgIpc) is 2.69. The van der Waals surface area contributed by atoms with Crippen molar-refractivity contribution in [3.63, 3.8) is 0 Å². The number of aromatic nitrogens is 1. The topological polar surface area (TPSA) is 45.2 Å². The molecular weight excluding hydrogens is 226 g/mol. The van der Waals surface area contributed by atoms with Gasteiger partial charge < -0.3 is 10.2 Å². The highest BCUT2D eigenvalue weighted by atomic mass is 16.2. The molecule has 98 valence electrons. The summed E-state index contributed by atoms with van der Waals surface area (Å²) in [4.78, 5) is 17.9. The lowest BCUT2D eigenvalue weighted by molar-refractivity contribution is 0.200. The number of hydrogen-bond donors (Lipinski definition) is 1. The van der Waals surface area contributed by atoms with E-state index in [1.54, 1.807) is 6.20 Å². The number of rotatable bonds is 3. The van der Waals surface area contributed by atoms with Crippen LogP contribution in [0.1, 0.15) is 31.2 Å². The van der Waals surface area contributed by atoms with Crippen LogP contribution in [-0.4, -0.2) is 35.5 Å². The molecule has 0 spiro atoms. The first-order valence-electron chi connectivity index (χ1n) is 6.78. The van der Waals surface area contributed by atoms with E-state index in [-0.39, 0.29) is 6.03 Å². The second-order valence-electron chi connectivity index (χ2n) is 4.74. The predicted molar refractivity (Wildman–Crippen MR) is 71.4 cm³/mol. The van der Waals surface area contributed by atoms with Gasteiger partial charge in [0.1, 0.15) is 0 Å². The standard InChI is InChI=1S/C14H21N3O/c18-14(17-10-3-1-2-4-11-17)16-9-7-13-6-5-8-15-12-13/h5-6,8,12H,1-4,7,9-11H2,(H,16,18). The lowest BCUT2D eigenvalue weighted by Crippen LogP contribution is -2.41. The average molecular weight is 247 g/mol. The maximum Gasteiger partial charge on any atom is 0.317 e. The Bertz CT molecular complexity index is 359. The molecule has 1 aliphatic heterocycles. The van der Waals surface area contributed by atoms with Crippen molar-refractivity contribution in [3.8, 4) is 0 Å². The van der Waals surface area contributed by atoms with Gasteiger partial charge in [-0.05, 0) is 30.9 Å². The molecule has 1 N–H and O–H groups in total. The zero-order chi connectivity index (χ0) is 12.6. The van der Waals surface area contributed by atoms with Gasteiger partial charge in [0.2, 0.25) is 0 Å². The number of urea groups is 1. The quantitative estimate of drug-likeness (QED) is 0.890. The van der Waals surface area contributed by atoms with Crippen LogP contribution in [0.2, 0.25) is 0 Å². The van der Waals surface area contributed by atoms with Crippen molar-refractivity contribution in [2.45, 2.75) is 32.1 Å². The molecule has 1 aromatic heterocycles. The van der Waals surface area contributed by atoms with Crippen molar-refractivity contribution in [1.82, 2.24) is 15.2 Å². The molecule has 0 atom stereocenters. The van der Waals surface area contributed by atoms with Crippen molar-refractivity contribution >= 4 is 6.03 Å². The molecule has 0 unspecified atom stereocenters. The summed E-state index contributed by atoms with van der Waals surface area (Å²) < 4.78 is 0. The van der Waals surface area contributed by atoms with Crippen LogP contribution in [0, 0.1) is 0 Å². The zero-order valence-electron chi connectivity index (χ0n) is 10.8. The van der Waals surface area contributed by atoms with Crippen molar-refractivity contribution in [2.75, 3.05) is 19.6 Å². The molecular formula is C14H21N3O. The molecule has 1 fully saturated rings. The van der Waals surface area contributed by atoms with E-state index in [4.69, 9.17) is 0 Å². The fraction of sp³-hybridized carbons (Fsp3) is 0.571. The summed E-state index contributed by atoms with van der Waals surface area (Å²) >= 11 is 0. The fourth-order valence-corrected chi connectivity index (χ4v) is 2.25. The molecule has 0 saturated carbocycles. The normalized spacial score (nSPS) is 16.1. The number of likely N-dealkylation sites (tertiary alicyclic amines) is 1. The monoisotopic (exact) mass is 247 g/mol. The first-order chi connectivity index (χ1) is 8.86. The summed E-state index contributed by atoms with van der Waals surface area (Å²) in [6, 6.07) is 4.04.